The first kappa shape index (κ1) is 23.2. The molecule has 0 radical (unpaired) electrons. The van der Waals surface area contributed by atoms with Gasteiger partial charge in [0.05, 0.1) is 0 Å². The van der Waals surface area contributed by atoms with Gasteiger partial charge in [-0.15, -0.1) is 0 Å². The number of rotatable bonds is 6. The van der Waals surface area contributed by atoms with Crippen LogP contribution < -0.4 is 16.2 Å². The first-order chi connectivity index (χ1) is 16.9. The summed E-state index contributed by atoms with van der Waals surface area (Å²) in [7, 11) is 0. The number of carbonyl (C=O) groups is 2. The summed E-state index contributed by atoms with van der Waals surface area (Å²) in [5.74, 6) is 0.175. The molecule has 184 valence electrons. The molecule has 3 aromatic rings. The zero-order valence-corrected chi connectivity index (χ0v) is 20.3. The monoisotopic (exact) mass is 475 g/mol. The molecule has 8 nitrogen and oxygen atoms in total. The number of carbonyl (C=O) groups excluding carboxylic acids is 2. The molecule has 2 aromatic heterocycles. The first-order valence-corrected chi connectivity index (χ1v) is 12.5. The minimum absolute atomic E-state index is 0.0274. The van der Waals surface area contributed by atoms with Crippen molar-refractivity contribution in [2.75, 3.05) is 19.6 Å². The lowest BCUT2D eigenvalue weighted by Crippen LogP contribution is -2.57. The third-order valence-electron chi connectivity index (χ3n) is 7.33. The number of fused-ring (bicyclic) bond motifs is 5. The molecule has 8 heteroatoms. The Labute approximate surface area is 204 Å². The van der Waals surface area contributed by atoms with Crippen molar-refractivity contribution in [3.05, 3.63) is 70.8 Å². The SMILES string of the molecule is CC(C)[C@H](NC(=O)N1C[C@@H]2C[C@@H](C1)c1cccc(=O)n1C2)C(=O)NCCn1ccc2ccccc21. The molecule has 1 aromatic carbocycles. The number of amides is 3. The predicted octanol–water partition coefficient (Wildman–Crippen LogP) is 2.77. The van der Waals surface area contributed by atoms with Crippen molar-refractivity contribution in [2.45, 2.75) is 45.3 Å². The Balaban J connectivity index is 1.19. The minimum Gasteiger partial charge on any atom is -0.353 e. The van der Waals surface area contributed by atoms with Gasteiger partial charge in [0.15, 0.2) is 0 Å². The fourth-order valence-electron chi connectivity index (χ4n) is 5.57. The van der Waals surface area contributed by atoms with Gasteiger partial charge in [0, 0.05) is 62.1 Å². The number of hydrogen-bond acceptors (Lipinski definition) is 3. The Morgan fingerprint density at radius 2 is 1.86 bits per heavy atom. The zero-order valence-electron chi connectivity index (χ0n) is 20.3. The van der Waals surface area contributed by atoms with Gasteiger partial charge in [0.25, 0.3) is 5.56 Å². The van der Waals surface area contributed by atoms with Crippen molar-refractivity contribution < 1.29 is 9.59 Å². The van der Waals surface area contributed by atoms with Crippen molar-refractivity contribution in [1.82, 2.24) is 24.7 Å². The molecule has 2 N–H and O–H groups in total. The molecule has 1 fully saturated rings. The maximum atomic E-state index is 13.2. The van der Waals surface area contributed by atoms with Gasteiger partial charge >= 0.3 is 6.03 Å². The number of benzene rings is 1. The van der Waals surface area contributed by atoms with Crippen molar-refractivity contribution in [2.24, 2.45) is 11.8 Å². The van der Waals surface area contributed by atoms with E-state index in [1.165, 1.54) is 5.39 Å². The summed E-state index contributed by atoms with van der Waals surface area (Å²) in [6.07, 6.45) is 3.01. The summed E-state index contributed by atoms with van der Waals surface area (Å²) in [4.78, 5) is 40.3. The Hall–Kier alpha value is -3.55. The third kappa shape index (κ3) is 4.70. The smallest absolute Gasteiger partial charge is 0.318 e. The Morgan fingerprint density at radius 3 is 2.69 bits per heavy atom. The van der Waals surface area contributed by atoms with Crippen molar-refractivity contribution in [3.8, 4) is 0 Å². The number of pyridine rings is 1. The van der Waals surface area contributed by atoms with Crippen LogP contribution >= 0.6 is 0 Å². The van der Waals surface area contributed by atoms with Crippen LogP contribution in [0.1, 0.15) is 31.9 Å². The van der Waals surface area contributed by atoms with Crippen LogP contribution in [-0.4, -0.2) is 51.6 Å². The topological polar surface area (TPSA) is 88.4 Å². The van der Waals surface area contributed by atoms with E-state index in [2.05, 4.69) is 33.4 Å². The molecule has 2 bridgehead atoms. The van der Waals surface area contributed by atoms with Crippen LogP contribution in [0.2, 0.25) is 0 Å². The minimum atomic E-state index is -0.611. The molecule has 0 aliphatic carbocycles. The zero-order chi connectivity index (χ0) is 24.5. The quantitative estimate of drug-likeness (QED) is 0.575. The molecule has 4 heterocycles. The largest absolute Gasteiger partial charge is 0.353 e. The van der Waals surface area contributed by atoms with E-state index >= 15 is 0 Å². The van der Waals surface area contributed by atoms with Crippen molar-refractivity contribution in [1.29, 1.82) is 0 Å². The summed E-state index contributed by atoms with van der Waals surface area (Å²) >= 11 is 0. The van der Waals surface area contributed by atoms with Gasteiger partial charge in [-0.05, 0) is 41.8 Å². The van der Waals surface area contributed by atoms with E-state index in [4.69, 9.17) is 0 Å². The summed E-state index contributed by atoms with van der Waals surface area (Å²) in [5.41, 5.74) is 2.16. The lowest BCUT2D eigenvalue weighted by Gasteiger charge is -2.43. The standard InChI is InChI=1S/C27H33N5O3/c1-18(2)25(26(34)28-11-13-30-12-10-20-6-3-4-7-22(20)30)29-27(35)31-15-19-14-21(17-31)23-8-5-9-24(33)32(23)16-19/h3-10,12,18-19,21,25H,11,13-17H2,1-2H3,(H,28,34)(H,29,35)/t19-,21-,25-/m0/s1. The summed E-state index contributed by atoms with van der Waals surface area (Å²) in [6.45, 7) is 6.81. The summed E-state index contributed by atoms with van der Waals surface area (Å²) in [5, 5.41) is 7.16. The molecule has 0 saturated carbocycles. The van der Waals surface area contributed by atoms with Gasteiger partial charge in [-0.25, -0.2) is 4.79 Å². The Kier molecular flexibility index (Phi) is 6.36. The highest BCUT2D eigenvalue weighted by Gasteiger charge is 2.37. The number of para-hydroxylation sites is 1. The molecule has 5 rings (SSSR count). The van der Waals surface area contributed by atoms with Gasteiger partial charge in [0.2, 0.25) is 5.91 Å². The molecule has 35 heavy (non-hydrogen) atoms. The molecular weight excluding hydrogens is 442 g/mol. The fourth-order valence-corrected chi connectivity index (χ4v) is 5.57. The van der Waals surface area contributed by atoms with E-state index < -0.39 is 6.04 Å². The molecule has 0 spiro atoms. The third-order valence-corrected chi connectivity index (χ3v) is 7.33. The van der Waals surface area contributed by atoms with Crippen molar-refractivity contribution >= 4 is 22.8 Å². The number of piperidine rings is 1. The fraction of sp³-hybridized carbons (Fsp3) is 0.444. The summed E-state index contributed by atoms with van der Waals surface area (Å²) in [6, 6.07) is 14.8. The van der Waals surface area contributed by atoms with E-state index in [0.717, 1.165) is 17.6 Å². The Bertz CT molecular complexity index is 1290. The highest BCUT2D eigenvalue weighted by molar-refractivity contribution is 5.87. The van der Waals surface area contributed by atoms with Crippen LogP contribution in [0.5, 0.6) is 0 Å². The number of likely N-dealkylation sites (tertiary alicyclic amines) is 1. The Morgan fingerprint density at radius 1 is 1.03 bits per heavy atom. The number of aromatic nitrogens is 2. The normalized spacial score (nSPS) is 19.9. The highest BCUT2D eigenvalue weighted by Crippen LogP contribution is 2.34. The van der Waals surface area contributed by atoms with Gasteiger partial charge in [-0.2, -0.15) is 0 Å². The molecule has 0 unspecified atom stereocenters. The van der Waals surface area contributed by atoms with Crippen LogP contribution in [-0.2, 0) is 17.9 Å². The van der Waals surface area contributed by atoms with Crippen LogP contribution in [0.4, 0.5) is 4.79 Å². The molecule has 2 aliphatic heterocycles. The molecule has 3 amide bonds. The number of nitrogens with one attached hydrogen (secondary N) is 2. The van der Waals surface area contributed by atoms with E-state index in [-0.39, 0.29) is 35.3 Å². The van der Waals surface area contributed by atoms with Gasteiger partial charge in [-0.3, -0.25) is 9.59 Å². The van der Waals surface area contributed by atoms with Crippen LogP contribution in [0.3, 0.4) is 0 Å². The second kappa shape index (κ2) is 9.60. The van der Waals surface area contributed by atoms with Crippen LogP contribution in [0.25, 0.3) is 10.9 Å². The number of nitrogens with zero attached hydrogens (tertiary/aromatic N) is 3. The average Bonchev–Trinajstić information content (AvgIpc) is 3.26. The first-order valence-electron chi connectivity index (χ1n) is 12.5. The average molecular weight is 476 g/mol. The second-order valence-electron chi connectivity index (χ2n) is 10.1. The van der Waals surface area contributed by atoms with Crippen molar-refractivity contribution in [3.63, 3.8) is 0 Å². The van der Waals surface area contributed by atoms with Gasteiger partial charge in [-0.1, -0.05) is 38.1 Å². The number of hydrogen-bond donors (Lipinski definition) is 2. The number of urea groups is 1. The molecule has 1 saturated heterocycles. The highest BCUT2D eigenvalue weighted by atomic mass is 16.2. The van der Waals surface area contributed by atoms with Gasteiger partial charge < -0.3 is 24.7 Å². The second-order valence-corrected chi connectivity index (χ2v) is 10.1. The molecule has 3 atom stereocenters. The lowest BCUT2D eigenvalue weighted by molar-refractivity contribution is -0.124. The van der Waals surface area contributed by atoms with Crippen LogP contribution in [0, 0.1) is 11.8 Å². The summed E-state index contributed by atoms with van der Waals surface area (Å²) < 4.78 is 3.97. The molecule has 2 aliphatic rings. The van der Waals surface area contributed by atoms with E-state index in [1.54, 1.807) is 12.1 Å². The predicted molar refractivity (Wildman–Crippen MR) is 135 cm³/mol. The van der Waals surface area contributed by atoms with Gasteiger partial charge in [0.1, 0.15) is 6.04 Å². The maximum Gasteiger partial charge on any atom is 0.318 e. The van der Waals surface area contributed by atoms with E-state index in [1.807, 2.05) is 47.7 Å². The molecular formula is C27H33N5O3. The lowest BCUT2D eigenvalue weighted by atomic mass is 9.83. The van der Waals surface area contributed by atoms with E-state index in [0.29, 0.717) is 32.7 Å². The maximum absolute atomic E-state index is 13.2. The van der Waals surface area contributed by atoms with E-state index in [9.17, 15) is 14.4 Å². The van der Waals surface area contributed by atoms with Crippen LogP contribution in [0.15, 0.2) is 59.5 Å².